The highest BCUT2D eigenvalue weighted by Gasteiger charge is 2.13. The normalized spacial score (nSPS) is 10.9. The standard InChI is InChI=1S/C13H12N4O2S2/c1-2-14-11-9(15-16-21-11)7-17-12(18)8-5-3-4-6-10(8)20-13(17)19/h3-6,14H,2,7H2,1H3. The van der Waals surface area contributed by atoms with Crippen LogP contribution >= 0.6 is 22.9 Å². The van der Waals surface area contributed by atoms with Gasteiger partial charge in [0, 0.05) is 22.8 Å². The fourth-order valence-corrected chi connectivity index (χ4v) is 3.50. The highest BCUT2D eigenvalue weighted by molar-refractivity contribution is 7.16. The minimum absolute atomic E-state index is 0.137. The van der Waals surface area contributed by atoms with Crippen LogP contribution in [0, 0.1) is 0 Å². The third kappa shape index (κ3) is 2.59. The van der Waals surface area contributed by atoms with Crippen LogP contribution in [0.2, 0.25) is 0 Å². The number of nitrogens with zero attached hydrogens (tertiary/aromatic N) is 3. The molecule has 0 bridgehead atoms. The van der Waals surface area contributed by atoms with Crippen molar-refractivity contribution in [3.63, 3.8) is 0 Å². The van der Waals surface area contributed by atoms with E-state index in [1.807, 2.05) is 13.0 Å². The first-order valence-electron chi connectivity index (χ1n) is 6.38. The second-order valence-electron chi connectivity index (χ2n) is 4.33. The second-order valence-corrected chi connectivity index (χ2v) is 6.08. The molecule has 0 saturated carbocycles. The Morgan fingerprint density at radius 2 is 2.10 bits per heavy atom. The molecule has 6 nitrogen and oxygen atoms in total. The summed E-state index contributed by atoms with van der Waals surface area (Å²) in [4.78, 5) is 24.3. The number of rotatable bonds is 4. The van der Waals surface area contributed by atoms with E-state index in [2.05, 4.69) is 14.9 Å². The fraction of sp³-hybridized carbons (Fsp3) is 0.231. The monoisotopic (exact) mass is 320 g/mol. The average Bonchev–Trinajstić information content (AvgIpc) is 2.91. The van der Waals surface area contributed by atoms with Crippen LogP contribution in [0.5, 0.6) is 0 Å². The molecule has 0 radical (unpaired) electrons. The van der Waals surface area contributed by atoms with Crippen LogP contribution in [0.15, 0.2) is 33.9 Å². The van der Waals surface area contributed by atoms with Crippen molar-refractivity contribution in [2.24, 2.45) is 0 Å². The molecule has 1 N–H and O–H groups in total. The molecule has 0 amide bonds. The van der Waals surface area contributed by atoms with Crippen molar-refractivity contribution in [1.29, 1.82) is 0 Å². The first-order valence-corrected chi connectivity index (χ1v) is 7.97. The largest absolute Gasteiger partial charge is 0.374 e. The molecule has 0 aliphatic carbocycles. The van der Waals surface area contributed by atoms with Crippen molar-refractivity contribution in [2.45, 2.75) is 13.5 Å². The summed E-state index contributed by atoms with van der Waals surface area (Å²) in [5.74, 6) is 0. The second kappa shape index (κ2) is 5.74. The Hall–Kier alpha value is -2.06. The number of anilines is 1. The molecule has 0 unspecified atom stereocenters. The van der Waals surface area contributed by atoms with Crippen molar-refractivity contribution in [2.75, 3.05) is 11.9 Å². The topological polar surface area (TPSA) is 76.9 Å². The first-order chi connectivity index (χ1) is 10.2. The van der Waals surface area contributed by atoms with Gasteiger partial charge in [0.05, 0.1) is 11.9 Å². The summed E-state index contributed by atoms with van der Waals surface area (Å²) >= 11 is 2.29. The maximum atomic E-state index is 12.4. The molecule has 2 aromatic heterocycles. The number of benzene rings is 1. The van der Waals surface area contributed by atoms with Crippen LogP contribution in [-0.4, -0.2) is 20.7 Å². The molecule has 108 valence electrons. The van der Waals surface area contributed by atoms with Crippen LogP contribution in [0.25, 0.3) is 10.1 Å². The molecule has 0 atom stereocenters. The quantitative estimate of drug-likeness (QED) is 0.792. The highest BCUT2D eigenvalue weighted by Crippen LogP contribution is 2.18. The Morgan fingerprint density at radius 3 is 2.90 bits per heavy atom. The predicted octanol–water partition coefficient (Wildman–Crippen LogP) is 1.75. The minimum atomic E-state index is -0.287. The van der Waals surface area contributed by atoms with Crippen molar-refractivity contribution in [3.8, 4) is 0 Å². The van der Waals surface area contributed by atoms with Gasteiger partial charge in [0.1, 0.15) is 10.7 Å². The number of nitrogens with one attached hydrogen (secondary N) is 1. The smallest absolute Gasteiger partial charge is 0.310 e. The van der Waals surface area contributed by atoms with E-state index < -0.39 is 0 Å². The van der Waals surface area contributed by atoms with E-state index in [0.717, 1.165) is 22.9 Å². The molecular formula is C13H12N4O2S2. The van der Waals surface area contributed by atoms with E-state index in [1.165, 1.54) is 16.1 Å². The summed E-state index contributed by atoms with van der Waals surface area (Å²) in [6, 6.07) is 7.12. The molecule has 3 aromatic rings. The summed E-state index contributed by atoms with van der Waals surface area (Å²) in [5.41, 5.74) is 0.327. The zero-order valence-electron chi connectivity index (χ0n) is 11.2. The highest BCUT2D eigenvalue weighted by atomic mass is 32.1. The number of aromatic nitrogens is 3. The number of fused-ring (bicyclic) bond motifs is 1. The Kier molecular flexibility index (Phi) is 3.80. The van der Waals surface area contributed by atoms with Crippen molar-refractivity contribution >= 4 is 38.0 Å². The van der Waals surface area contributed by atoms with E-state index in [-0.39, 0.29) is 17.0 Å². The van der Waals surface area contributed by atoms with E-state index in [9.17, 15) is 9.59 Å². The minimum Gasteiger partial charge on any atom is -0.374 e. The lowest BCUT2D eigenvalue weighted by Gasteiger charge is -2.05. The van der Waals surface area contributed by atoms with Gasteiger partial charge in [-0.1, -0.05) is 28.0 Å². The lowest BCUT2D eigenvalue weighted by molar-refractivity contribution is 0.730. The third-order valence-corrected chi connectivity index (χ3v) is 4.68. The summed E-state index contributed by atoms with van der Waals surface area (Å²) in [6.45, 7) is 2.83. The van der Waals surface area contributed by atoms with Gasteiger partial charge in [-0.25, -0.2) is 0 Å². The molecule has 8 heteroatoms. The number of hydrogen-bond acceptors (Lipinski definition) is 7. The van der Waals surface area contributed by atoms with Gasteiger partial charge >= 0.3 is 4.87 Å². The molecule has 2 heterocycles. The van der Waals surface area contributed by atoms with Crippen LogP contribution in [0.4, 0.5) is 5.00 Å². The lowest BCUT2D eigenvalue weighted by atomic mass is 10.3. The molecule has 0 spiro atoms. The molecule has 0 aliphatic rings. The van der Waals surface area contributed by atoms with Gasteiger partial charge in [0.25, 0.3) is 5.56 Å². The van der Waals surface area contributed by atoms with Gasteiger partial charge in [0.2, 0.25) is 0 Å². The van der Waals surface area contributed by atoms with E-state index in [1.54, 1.807) is 18.2 Å². The zero-order chi connectivity index (χ0) is 14.8. The molecule has 0 fully saturated rings. The SMILES string of the molecule is CCNc1snnc1Cn1c(=O)sc2ccccc2c1=O. The summed E-state index contributed by atoms with van der Waals surface area (Å²) in [6.07, 6.45) is 0. The molecular weight excluding hydrogens is 308 g/mol. The van der Waals surface area contributed by atoms with Crippen LogP contribution in [0.3, 0.4) is 0 Å². The Labute approximate surface area is 127 Å². The fourth-order valence-electron chi connectivity index (χ4n) is 2.00. The van der Waals surface area contributed by atoms with Gasteiger partial charge in [0.15, 0.2) is 0 Å². The van der Waals surface area contributed by atoms with E-state index >= 15 is 0 Å². The molecule has 0 aliphatic heterocycles. The predicted molar refractivity (Wildman–Crippen MR) is 85.5 cm³/mol. The molecule has 21 heavy (non-hydrogen) atoms. The van der Waals surface area contributed by atoms with Gasteiger partial charge in [-0.15, -0.1) is 5.10 Å². The van der Waals surface area contributed by atoms with Crippen LogP contribution in [-0.2, 0) is 6.54 Å². The van der Waals surface area contributed by atoms with Crippen molar-refractivity contribution < 1.29 is 0 Å². The van der Waals surface area contributed by atoms with Gasteiger partial charge in [-0.05, 0) is 19.1 Å². The maximum Gasteiger partial charge on any atom is 0.310 e. The van der Waals surface area contributed by atoms with Crippen LogP contribution < -0.4 is 15.7 Å². The zero-order valence-corrected chi connectivity index (χ0v) is 12.8. The van der Waals surface area contributed by atoms with Crippen LogP contribution in [0.1, 0.15) is 12.6 Å². The average molecular weight is 320 g/mol. The van der Waals surface area contributed by atoms with Crippen molar-refractivity contribution in [1.82, 2.24) is 14.2 Å². The summed E-state index contributed by atoms with van der Waals surface area (Å²) in [7, 11) is 0. The maximum absolute atomic E-state index is 12.4. The Balaban J connectivity index is 2.10. The van der Waals surface area contributed by atoms with Gasteiger partial charge < -0.3 is 5.32 Å². The lowest BCUT2D eigenvalue weighted by Crippen LogP contribution is -2.31. The Bertz CT molecular complexity index is 897. The molecule has 1 aromatic carbocycles. The van der Waals surface area contributed by atoms with E-state index in [4.69, 9.17) is 0 Å². The molecule has 0 saturated heterocycles. The number of hydrogen-bond donors (Lipinski definition) is 1. The molecule has 3 rings (SSSR count). The summed E-state index contributed by atoms with van der Waals surface area (Å²) in [5, 5.41) is 8.48. The third-order valence-electron chi connectivity index (χ3n) is 2.98. The van der Waals surface area contributed by atoms with E-state index in [0.29, 0.717) is 15.8 Å². The summed E-state index contributed by atoms with van der Waals surface area (Å²) < 4.78 is 5.79. The Morgan fingerprint density at radius 1 is 1.29 bits per heavy atom. The first kappa shape index (κ1) is 13.9. The van der Waals surface area contributed by atoms with Gasteiger partial charge in [-0.2, -0.15) is 0 Å². The van der Waals surface area contributed by atoms with Gasteiger partial charge in [-0.3, -0.25) is 14.2 Å². The van der Waals surface area contributed by atoms with Crippen molar-refractivity contribution in [3.05, 3.63) is 50.0 Å².